The number of rotatable bonds is 8. The number of hydrogen-bond donors (Lipinski definition) is 0. The fraction of sp³-hybridized carbons (Fsp3) is 0.273. The lowest BCUT2D eigenvalue weighted by Gasteiger charge is -2.41. The molecule has 35 heavy (non-hydrogen) atoms. The van der Waals surface area contributed by atoms with Crippen LogP contribution in [0.2, 0.25) is 0 Å². The average molecular weight is 495 g/mol. The first-order valence-electron chi connectivity index (χ1n) is 13.0. The minimum absolute atomic E-state index is 0.401. The van der Waals surface area contributed by atoms with E-state index in [9.17, 15) is 0 Å². The van der Waals surface area contributed by atoms with Crippen molar-refractivity contribution in [3.63, 3.8) is 0 Å². The van der Waals surface area contributed by atoms with Crippen LogP contribution in [0.1, 0.15) is 33.1 Å². The summed E-state index contributed by atoms with van der Waals surface area (Å²) in [6.45, 7) is 4.96. The van der Waals surface area contributed by atoms with Crippen molar-refractivity contribution in [2.75, 3.05) is 0 Å². The fourth-order valence-corrected chi connectivity index (χ4v) is 12.7. The molecule has 3 atom stereocenters. The molecule has 1 aliphatic carbocycles. The first-order valence-corrected chi connectivity index (χ1v) is 15.8. The molecule has 0 amide bonds. The van der Waals surface area contributed by atoms with Gasteiger partial charge < -0.3 is 0 Å². The molecule has 0 radical (unpaired) electrons. The van der Waals surface area contributed by atoms with E-state index in [1.807, 2.05) is 0 Å². The van der Waals surface area contributed by atoms with Crippen LogP contribution in [0.4, 0.5) is 0 Å². The van der Waals surface area contributed by atoms with Gasteiger partial charge in [-0.3, -0.25) is 0 Å². The van der Waals surface area contributed by atoms with E-state index in [1.54, 1.807) is 0 Å². The molecule has 0 heterocycles. The highest BCUT2D eigenvalue weighted by Gasteiger charge is 2.43. The van der Waals surface area contributed by atoms with Crippen LogP contribution in [0.5, 0.6) is 0 Å². The summed E-state index contributed by atoms with van der Waals surface area (Å²) in [5.74, 6) is 1.36. The monoisotopic (exact) mass is 494 g/mol. The predicted octanol–water partition coefficient (Wildman–Crippen LogP) is 7.45. The predicted molar refractivity (Wildman–Crippen MR) is 158 cm³/mol. The summed E-state index contributed by atoms with van der Waals surface area (Å²) in [5, 5.41) is 6.14. The van der Waals surface area contributed by atoms with Crippen LogP contribution in [0.25, 0.3) is 0 Å². The van der Waals surface area contributed by atoms with Gasteiger partial charge in [-0.05, 0) is 73.1 Å². The molecule has 1 unspecified atom stereocenters. The zero-order valence-corrected chi connectivity index (χ0v) is 22.7. The largest absolute Gasteiger partial charge is 0.0622 e. The van der Waals surface area contributed by atoms with E-state index >= 15 is 0 Å². The molecule has 0 bridgehead atoms. The van der Waals surface area contributed by atoms with Crippen molar-refractivity contribution in [1.29, 1.82) is 0 Å². The molecule has 1 fully saturated rings. The SMILES string of the molecule is CC(C)[C@@H](C1CCC[C@H]1P(c1ccccc1)c1ccccc1)P(c1ccccc1)c1ccccc1. The van der Waals surface area contributed by atoms with Gasteiger partial charge in [-0.1, -0.05) is 142 Å². The van der Waals surface area contributed by atoms with E-state index in [2.05, 4.69) is 135 Å². The molecular weight excluding hydrogens is 458 g/mol. The van der Waals surface area contributed by atoms with Gasteiger partial charge in [-0.25, -0.2) is 0 Å². The summed E-state index contributed by atoms with van der Waals surface area (Å²) >= 11 is 0. The molecule has 178 valence electrons. The number of hydrogen-bond acceptors (Lipinski definition) is 0. The van der Waals surface area contributed by atoms with Crippen LogP contribution >= 0.6 is 15.8 Å². The first-order chi connectivity index (χ1) is 17.2. The fourth-order valence-electron chi connectivity index (χ4n) is 6.05. The summed E-state index contributed by atoms with van der Waals surface area (Å²) in [6.07, 6.45) is 4.05. The van der Waals surface area contributed by atoms with E-state index in [4.69, 9.17) is 0 Å². The van der Waals surface area contributed by atoms with Gasteiger partial charge in [-0.15, -0.1) is 0 Å². The molecule has 0 spiro atoms. The quantitative estimate of drug-likeness (QED) is 0.223. The third kappa shape index (κ3) is 5.45. The Morgan fingerprint density at radius 2 is 0.943 bits per heavy atom. The molecule has 5 rings (SSSR count). The van der Waals surface area contributed by atoms with Crippen LogP contribution in [-0.2, 0) is 0 Å². The Balaban J connectivity index is 1.60. The normalized spacial score (nSPS) is 18.9. The molecular formula is C33H36P2. The molecule has 0 saturated heterocycles. The topological polar surface area (TPSA) is 0 Å². The Hall–Kier alpha value is -2.26. The Morgan fingerprint density at radius 3 is 1.34 bits per heavy atom. The summed E-state index contributed by atoms with van der Waals surface area (Å²) in [7, 11) is -0.844. The Kier molecular flexibility index (Phi) is 8.13. The molecule has 1 aliphatic rings. The van der Waals surface area contributed by atoms with Crippen LogP contribution in [0.3, 0.4) is 0 Å². The van der Waals surface area contributed by atoms with E-state index < -0.39 is 15.8 Å². The van der Waals surface area contributed by atoms with Crippen molar-refractivity contribution in [2.24, 2.45) is 11.8 Å². The lowest BCUT2D eigenvalue weighted by atomic mass is 9.94. The zero-order valence-electron chi connectivity index (χ0n) is 20.9. The van der Waals surface area contributed by atoms with Crippen molar-refractivity contribution in [3.05, 3.63) is 121 Å². The Bertz CT molecular complexity index is 1080. The van der Waals surface area contributed by atoms with Gasteiger partial charge in [0.25, 0.3) is 0 Å². The molecule has 0 aromatic heterocycles. The average Bonchev–Trinajstić information content (AvgIpc) is 3.38. The van der Waals surface area contributed by atoms with E-state index in [1.165, 1.54) is 40.5 Å². The van der Waals surface area contributed by atoms with Crippen molar-refractivity contribution >= 4 is 37.1 Å². The highest BCUT2D eigenvalue weighted by atomic mass is 31.1. The smallest absolute Gasteiger partial charge is 0.00712 e. The Labute approximate surface area is 214 Å². The van der Waals surface area contributed by atoms with Crippen molar-refractivity contribution in [3.8, 4) is 0 Å². The standard InChI is InChI=1S/C33H36P2/c1-26(2)33(35(29-20-11-5-12-21-29)30-22-13-6-14-23-30)31-24-15-25-32(31)34(27-16-7-3-8-17-27)28-18-9-4-10-19-28/h3-14,16-23,26,31-33H,15,24-25H2,1-2H3/t31?,32-,33+/m1/s1. The maximum Gasteiger partial charge on any atom is -0.00712 e. The van der Waals surface area contributed by atoms with Gasteiger partial charge in [-0.2, -0.15) is 0 Å². The van der Waals surface area contributed by atoms with Crippen LogP contribution in [-0.4, -0.2) is 11.3 Å². The summed E-state index contributed by atoms with van der Waals surface area (Å²) in [5.41, 5.74) is 1.39. The summed E-state index contributed by atoms with van der Waals surface area (Å²) in [6, 6.07) is 45.6. The molecule has 0 aliphatic heterocycles. The lowest BCUT2D eigenvalue weighted by molar-refractivity contribution is 0.437. The van der Waals surface area contributed by atoms with Crippen LogP contribution in [0, 0.1) is 11.8 Å². The molecule has 1 saturated carbocycles. The van der Waals surface area contributed by atoms with E-state index in [-0.39, 0.29) is 0 Å². The third-order valence-corrected chi connectivity index (χ3v) is 13.7. The minimum atomic E-state index is -0.444. The van der Waals surface area contributed by atoms with Gasteiger partial charge >= 0.3 is 0 Å². The Morgan fingerprint density at radius 1 is 0.543 bits per heavy atom. The highest BCUT2D eigenvalue weighted by molar-refractivity contribution is 7.74. The van der Waals surface area contributed by atoms with Crippen molar-refractivity contribution < 1.29 is 0 Å². The molecule has 0 N–H and O–H groups in total. The minimum Gasteiger partial charge on any atom is -0.0622 e. The van der Waals surface area contributed by atoms with Crippen LogP contribution in [0.15, 0.2) is 121 Å². The van der Waals surface area contributed by atoms with Gasteiger partial charge in [0.15, 0.2) is 0 Å². The molecule has 0 nitrogen and oxygen atoms in total. The first kappa shape index (κ1) is 24.4. The van der Waals surface area contributed by atoms with Crippen molar-refractivity contribution in [1.82, 2.24) is 0 Å². The second-order valence-electron chi connectivity index (χ2n) is 9.98. The summed E-state index contributed by atoms with van der Waals surface area (Å²) < 4.78 is 0. The van der Waals surface area contributed by atoms with Gasteiger partial charge in [0, 0.05) is 0 Å². The van der Waals surface area contributed by atoms with Crippen LogP contribution < -0.4 is 21.2 Å². The second-order valence-corrected chi connectivity index (χ2v) is 14.8. The highest BCUT2D eigenvalue weighted by Crippen LogP contribution is 2.58. The zero-order chi connectivity index (χ0) is 24.0. The second kappa shape index (κ2) is 11.6. The number of benzene rings is 4. The van der Waals surface area contributed by atoms with Gasteiger partial charge in [0.05, 0.1) is 0 Å². The van der Waals surface area contributed by atoms with Crippen molar-refractivity contribution in [2.45, 2.75) is 44.4 Å². The van der Waals surface area contributed by atoms with E-state index in [0.29, 0.717) is 11.6 Å². The molecule has 2 heteroatoms. The van der Waals surface area contributed by atoms with Gasteiger partial charge in [0.1, 0.15) is 0 Å². The molecule has 4 aromatic carbocycles. The lowest BCUT2D eigenvalue weighted by Crippen LogP contribution is -2.37. The van der Waals surface area contributed by atoms with E-state index in [0.717, 1.165) is 11.6 Å². The third-order valence-electron chi connectivity index (χ3n) is 7.42. The maximum atomic E-state index is 2.48. The molecule has 4 aromatic rings. The van der Waals surface area contributed by atoms with Gasteiger partial charge in [0.2, 0.25) is 0 Å². The maximum absolute atomic E-state index is 2.48. The summed E-state index contributed by atoms with van der Waals surface area (Å²) in [4.78, 5) is 0.